The standard InChI is InChI=1S/C60H36B42/c1-61-19-25(67-7)37-49-38(26(19)68-8)80-82-40-28(70-10)21(63-3)30(72-12)42-51(40)93-99-57-55(97-91-49)56-58-60-59(57)101-95-53-44(86-84-42)32(74-14)23(65-5)34(76-16)46(53)88-90-48-36(78-18)24(66-6)35(77-17)47(54(48)96-102-60)89-87-45-33(75-15)22(64-4)31(73-13)43(52(45)94-100-58)85-83-41-29(71-11)20(62-2)27(69-9)39(81-79-37)50(41)92-98-56/h1-18H2. The van der Waals surface area contributed by atoms with Crippen molar-refractivity contribution >= 4 is 629 Å². The predicted molar refractivity (Wildman–Crippen MR) is 547 cm³/mol. The van der Waals surface area contributed by atoms with Gasteiger partial charge in [0.2, 0.25) is 0 Å². The summed E-state index contributed by atoms with van der Waals surface area (Å²) in [5, 5.41) is 22.0. The van der Waals surface area contributed by atoms with Crippen LogP contribution in [0.25, 0.3) is 127 Å². The SMILES string of the molecule is C=Bc1c(B=C)c2bbc3c(B=C)c(B=C)c(B=C)c4bbc5c(B=C)c(B=C)c(B=C)c6bbc7c(B=C)c(B=C)c(B=C)c8bbc9c(B=C)c(B=C)c(B=C)c%10bbc%11c(B=C)c(B=C)c(B=C)c%12bbc(c1B=C)c2bbc1c(bbc34)c(bbc56)c(bbc78)c(bbc%109)c1bbc%12%11. The van der Waals surface area contributed by atoms with E-state index in [9.17, 15) is 0 Å². The Morgan fingerprint density at radius 1 is 0.0882 bits per heavy atom. The number of rotatable bonds is 18. The van der Waals surface area contributed by atoms with Crippen LogP contribution in [0.3, 0.4) is 0 Å². The zero-order valence-corrected chi connectivity index (χ0v) is 58.0. The second-order valence-electron chi connectivity index (χ2n) is 25.0. The van der Waals surface area contributed by atoms with Crippen LogP contribution in [0.4, 0.5) is 0 Å². The van der Waals surface area contributed by atoms with Crippen LogP contribution in [0.2, 0.25) is 0 Å². The van der Waals surface area contributed by atoms with Gasteiger partial charge in [0.25, 0.3) is 0 Å². The molecular weight excluding hydrogens is 1170 g/mol. The van der Waals surface area contributed by atoms with E-state index in [4.69, 9.17) is 0 Å². The molecule has 6 aromatic heterocycles. The van der Waals surface area contributed by atoms with Gasteiger partial charge in [-0.3, -0.25) is 0 Å². The van der Waals surface area contributed by atoms with Gasteiger partial charge in [0.15, 0.2) is 0 Å². The number of hydrogen-bond donors (Lipinski definition) is 0. The van der Waals surface area contributed by atoms with E-state index in [0.29, 0.717) is 0 Å². The van der Waals surface area contributed by atoms with Crippen molar-refractivity contribution in [2.45, 2.75) is 0 Å². The van der Waals surface area contributed by atoms with E-state index in [1.807, 2.05) is 125 Å². The second-order valence-corrected chi connectivity index (χ2v) is 25.0. The van der Waals surface area contributed by atoms with Crippen molar-refractivity contribution in [3.05, 3.63) is 0 Å². The Bertz CT molecular complexity index is 5250. The average molecular weight is 1210 g/mol. The molecule has 7 aromatic carbocycles. The number of benzene rings is 7. The van der Waals surface area contributed by atoms with Crippen LogP contribution in [-0.4, -0.2) is 404 Å². The van der Waals surface area contributed by atoms with Crippen LogP contribution in [0.1, 0.15) is 0 Å². The first kappa shape index (κ1) is 75.2. The summed E-state index contributed by atoms with van der Waals surface area (Å²) in [6.07, 6.45) is 0. The molecule has 0 nitrogen and oxygen atoms in total. The summed E-state index contributed by atoms with van der Waals surface area (Å²) in [7, 11) is 0. The third-order valence-electron chi connectivity index (χ3n) is 20.9. The van der Waals surface area contributed by atoms with Gasteiger partial charge in [-0.25, -0.2) is 0 Å². The Hall–Kier alpha value is -5.07. The first-order chi connectivity index (χ1) is 49.9. The molecule has 0 saturated heterocycles. The summed E-state index contributed by atoms with van der Waals surface area (Å²) < 4.78 is 0. The second kappa shape index (κ2) is 32.6. The molecule has 0 atom stereocenters. The van der Waals surface area contributed by atoms with Crippen molar-refractivity contribution in [3.63, 3.8) is 0 Å². The van der Waals surface area contributed by atoms with Crippen molar-refractivity contribution in [2.24, 2.45) is 0 Å². The molecule has 0 unspecified atom stereocenters. The first-order valence-corrected chi connectivity index (χ1v) is 34.0. The maximum absolute atomic E-state index is 4.54. The molecule has 6 heterocycles. The summed E-state index contributed by atoms with van der Waals surface area (Å²) in [6.45, 7) is 170. The van der Waals surface area contributed by atoms with Crippen LogP contribution in [0.15, 0.2) is 0 Å². The molecule has 0 N–H and O–H groups in total. The zero-order valence-electron chi connectivity index (χ0n) is 58.0. The minimum atomic E-state index is 0.876. The molecule has 0 fully saturated rings. The van der Waals surface area contributed by atoms with Crippen molar-refractivity contribution in [1.29, 1.82) is 0 Å². The van der Waals surface area contributed by atoms with Gasteiger partial charge in [-0.2, -0.15) is 0 Å². The van der Waals surface area contributed by atoms with E-state index in [1.54, 1.807) is 0 Å². The van der Waals surface area contributed by atoms with Gasteiger partial charge in [0.1, 0.15) is 0 Å². The Morgan fingerprint density at radius 3 is 0.216 bits per heavy atom. The van der Waals surface area contributed by atoms with Gasteiger partial charge in [0, 0.05) is 0 Å². The monoisotopic (exact) mass is 1220 g/mol. The fourth-order valence-corrected chi connectivity index (χ4v) is 16.4. The quantitative estimate of drug-likeness (QED) is 0.0751. The molecule has 0 amide bonds. The van der Waals surface area contributed by atoms with Gasteiger partial charge in [-0.15, -0.1) is 0 Å². The molecule has 0 aliphatic carbocycles. The average Bonchev–Trinajstić information content (AvgIpc) is 0.779. The van der Waals surface area contributed by atoms with E-state index in [2.05, 4.69) is 280 Å². The summed E-state index contributed by atoms with van der Waals surface area (Å²) in [6, 6.07) is 0. The Morgan fingerprint density at radius 2 is 0.147 bits per heavy atom. The van der Waals surface area contributed by atoms with Crippen molar-refractivity contribution in [1.82, 2.24) is 0 Å². The maximum atomic E-state index is 4.54. The molecule has 402 valence electrons. The van der Waals surface area contributed by atoms with Gasteiger partial charge >= 0.3 is 629 Å². The zero-order chi connectivity index (χ0) is 71.9. The van der Waals surface area contributed by atoms with Crippen molar-refractivity contribution in [3.8, 4) is 0 Å². The van der Waals surface area contributed by atoms with E-state index in [1.165, 1.54) is 0 Å². The molecule has 13 rings (SSSR count). The van der Waals surface area contributed by atoms with Gasteiger partial charge in [-0.1, -0.05) is 0 Å². The summed E-state index contributed by atoms with van der Waals surface area (Å²) in [5.41, 5.74) is 15.8. The van der Waals surface area contributed by atoms with Gasteiger partial charge in [0.05, 0.1) is 0 Å². The third kappa shape index (κ3) is 12.5. The fourth-order valence-electron chi connectivity index (χ4n) is 16.4. The van der Waals surface area contributed by atoms with Crippen LogP contribution in [0, 0.1) is 0 Å². The predicted octanol–water partition coefficient (Wildman–Crippen LogP) is -19.3. The molecule has 0 saturated carbocycles. The Labute approximate surface area is 623 Å². The van der Waals surface area contributed by atoms with E-state index < -0.39 is 0 Å². The van der Waals surface area contributed by atoms with E-state index in [0.717, 1.165) is 225 Å². The van der Waals surface area contributed by atoms with Crippen molar-refractivity contribution in [2.75, 3.05) is 0 Å². The summed E-state index contributed by atoms with van der Waals surface area (Å²) in [4.78, 5) is 0. The molecule has 42 heteroatoms. The summed E-state index contributed by atoms with van der Waals surface area (Å²) in [5.74, 6) is 0. The first-order valence-electron chi connectivity index (χ1n) is 34.0. The molecule has 102 heavy (non-hydrogen) atoms. The molecule has 0 aliphatic heterocycles. The molecule has 0 aliphatic rings. The third-order valence-corrected chi connectivity index (χ3v) is 20.9. The Kier molecular flexibility index (Phi) is 24.0. The van der Waals surface area contributed by atoms with Crippen LogP contribution in [-0.2, 0) is 0 Å². The fraction of sp³-hybridized carbons (Fsp3) is 0. The normalized spacial score (nSPS) is 9.41. The van der Waals surface area contributed by atoms with E-state index in [-0.39, 0.29) is 0 Å². The van der Waals surface area contributed by atoms with E-state index >= 15 is 0 Å². The molecule has 13 aromatic rings. The summed E-state index contributed by atoms with van der Waals surface area (Å²) >= 11 is 0. The molecule has 12 bridgehead atoms. The molecular formula is C60H36B42. The van der Waals surface area contributed by atoms with Gasteiger partial charge in [-0.05, 0) is 0 Å². The van der Waals surface area contributed by atoms with Crippen molar-refractivity contribution < 1.29 is 0 Å². The van der Waals surface area contributed by atoms with Gasteiger partial charge < -0.3 is 0 Å². The molecule has 0 radical (unpaired) electrons. The topological polar surface area (TPSA) is 0 Å². The van der Waals surface area contributed by atoms with Crippen LogP contribution < -0.4 is 98.3 Å². The molecule has 0 spiro atoms. The number of hydrogen-bond acceptors (Lipinski definition) is 0. The Balaban J connectivity index is 1.62. The van der Waals surface area contributed by atoms with Crippen LogP contribution in [0.5, 0.6) is 0 Å². The van der Waals surface area contributed by atoms with Crippen LogP contribution >= 0.6 is 0 Å². The number of fused-ring (bicyclic) bond motifs is 6. The minimum absolute atomic E-state index is 0.876.